The highest BCUT2D eigenvalue weighted by molar-refractivity contribution is 6.31. The van der Waals surface area contributed by atoms with Crippen LogP contribution in [0.4, 0.5) is 5.69 Å². The van der Waals surface area contributed by atoms with Crippen LogP contribution in [0.25, 0.3) is 0 Å². The Morgan fingerprint density at radius 2 is 2.15 bits per heavy atom. The summed E-state index contributed by atoms with van der Waals surface area (Å²) in [5.41, 5.74) is 1.87. The predicted molar refractivity (Wildman–Crippen MR) is 51.8 cm³/mol. The topological polar surface area (TPSA) is 41.1 Å². The van der Waals surface area contributed by atoms with E-state index in [0.29, 0.717) is 18.1 Å². The standard InChI is InChI=1S/C9H9ClN2O/c10-7-2-1-6-4-11-5-9(13)12-8(6)3-7/h1-3,11H,4-5H2,(H,12,13). The average molecular weight is 197 g/mol. The second-order valence-electron chi connectivity index (χ2n) is 2.95. The summed E-state index contributed by atoms with van der Waals surface area (Å²) in [7, 11) is 0. The number of carbonyl (C=O) groups is 1. The van der Waals surface area contributed by atoms with Crippen LogP contribution in [0.15, 0.2) is 18.2 Å². The van der Waals surface area contributed by atoms with Crippen molar-refractivity contribution in [3.63, 3.8) is 0 Å². The third kappa shape index (κ3) is 1.82. The molecule has 1 amide bonds. The van der Waals surface area contributed by atoms with E-state index in [1.54, 1.807) is 6.07 Å². The normalized spacial score (nSPS) is 15.9. The summed E-state index contributed by atoms with van der Waals surface area (Å²) in [6.07, 6.45) is 0. The highest BCUT2D eigenvalue weighted by Crippen LogP contribution is 2.21. The first-order valence-corrected chi connectivity index (χ1v) is 4.42. The van der Waals surface area contributed by atoms with E-state index in [2.05, 4.69) is 10.6 Å². The molecule has 0 fully saturated rings. The third-order valence-electron chi connectivity index (χ3n) is 1.95. The highest BCUT2D eigenvalue weighted by Gasteiger charge is 2.11. The van der Waals surface area contributed by atoms with E-state index in [1.165, 1.54) is 0 Å². The molecule has 0 aromatic heterocycles. The van der Waals surface area contributed by atoms with Gasteiger partial charge in [-0.3, -0.25) is 4.79 Å². The molecule has 0 radical (unpaired) electrons. The molecule has 3 nitrogen and oxygen atoms in total. The Labute approximate surface area is 81.1 Å². The largest absolute Gasteiger partial charge is 0.325 e. The second kappa shape index (κ2) is 3.36. The fraction of sp³-hybridized carbons (Fsp3) is 0.222. The molecule has 0 saturated heterocycles. The number of hydrogen-bond donors (Lipinski definition) is 2. The minimum absolute atomic E-state index is 0.0268. The van der Waals surface area contributed by atoms with E-state index >= 15 is 0 Å². The first kappa shape index (κ1) is 8.53. The van der Waals surface area contributed by atoms with Crippen LogP contribution in [0.1, 0.15) is 5.56 Å². The molecule has 1 aliphatic rings. The lowest BCUT2D eigenvalue weighted by molar-refractivity contribution is -0.115. The first-order valence-electron chi connectivity index (χ1n) is 4.05. The van der Waals surface area contributed by atoms with Gasteiger partial charge in [0, 0.05) is 17.3 Å². The molecule has 0 spiro atoms. The molecule has 1 aromatic rings. The Kier molecular flexibility index (Phi) is 2.20. The molecular weight excluding hydrogens is 188 g/mol. The maximum Gasteiger partial charge on any atom is 0.238 e. The molecule has 0 saturated carbocycles. The van der Waals surface area contributed by atoms with Gasteiger partial charge in [0.25, 0.3) is 0 Å². The van der Waals surface area contributed by atoms with Gasteiger partial charge in [0.05, 0.1) is 6.54 Å². The van der Waals surface area contributed by atoms with Crippen LogP contribution in [0.5, 0.6) is 0 Å². The zero-order valence-corrected chi connectivity index (χ0v) is 7.69. The molecule has 1 aromatic carbocycles. The van der Waals surface area contributed by atoms with Gasteiger partial charge in [-0.1, -0.05) is 17.7 Å². The molecule has 1 aliphatic heterocycles. The van der Waals surface area contributed by atoms with Gasteiger partial charge >= 0.3 is 0 Å². The van der Waals surface area contributed by atoms with Crippen molar-refractivity contribution < 1.29 is 4.79 Å². The number of rotatable bonds is 0. The van der Waals surface area contributed by atoms with Crippen molar-refractivity contribution >= 4 is 23.2 Å². The number of hydrogen-bond acceptors (Lipinski definition) is 2. The third-order valence-corrected chi connectivity index (χ3v) is 2.18. The van der Waals surface area contributed by atoms with Crippen LogP contribution in [-0.2, 0) is 11.3 Å². The monoisotopic (exact) mass is 196 g/mol. The fourth-order valence-corrected chi connectivity index (χ4v) is 1.50. The van der Waals surface area contributed by atoms with E-state index in [4.69, 9.17) is 11.6 Å². The van der Waals surface area contributed by atoms with E-state index in [-0.39, 0.29) is 5.91 Å². The molecule has 2 N–H and O–H groups in total. The van der Waals surface area contributed by atoms with Crippen molar-refractivity contribution in [3.8, 4) is 0 Å². The molecule has 0 bridgehead atoms. The number of benzene rings is 1. The van der Waals surface area contributed by atoms with Crippen LogP contribution in [-0.4, -0.2) is 12.5 Å². The summed E-state index contributed by atoms with van der Waals surface area (Å²) < 4.78 is 0. The van der Waals surface area contributed by atoms with Gasteiger partial charge in [0.15, 0.2) is 0 Å². The van der Waals surface area contributed by atoms with Crippen molar-refractivity contribution in [3.05, 3.63) is 28.8 Å². The van der Waals surface area contributed by atoms with Crippen LogP contribution < -0.4 is 10.6 Å². The van der Waals surface area contributed by atoms with Crippen molar-refractivity contribution in [1.29, 1.82) is 0 Å². The van der Waals surface area contributed by atoms with E-state index in [9.17, 15) is 4.79 Å². The Morgan fingerprint density at radius 1 is 1.31 bits per heavy atom. The number of carbonyl (C=O) groups excluding carboxylic acids is 1. The Morgan fingerprint density at radius 3 is 3.00 bits per heavy atom. The molecule has 1 heterocycles. The maximum absolute atomic E-state index is 11.1. The van der Waals surface area contributed by atoms with Gasteiger partial charge < -0.3 is 10.6 Å². The zero-order chi connectivity index (χ0) is 9.26. The summed E-state index contributed by atoms with van der Waals surface area (Å²) in [6.45, 7) is 1.05. The molecular formula is C9H9ClN2O. The second-order valence-corrected chi connectivity index (χ2v) is 3.39. The van der Waals surface area contributed by atoms with Crippen LogP contribution in [0, 0.1) is 0 Å². The molecule has 0 unspecified atom stereocenters. The van der Waals surface area contributed by atoms with Crippen molar-refractivity contribution in [2.45, 2.75) is 6.54 Å². The van der Waals surface area contributed by atoms with Crippen molar-refractivity contribution in [2.75, 3.05) is 11.9 Å². The Balaban J connectivity index is 2.40. The van der Waals surface area contributed by atoms with Gasteiger partial charge in [-0.2, -0.15) is 0 Å². The van der Waals surface area contributed by atoms with Crippen LogP contribution in [0.3, 0.4) is 0 Å². The fourth-order valence-electron chi connectivity index (χ4n) is 1.32. The van der Waals surface area contributed by atoms with Crippen LogP contribution in [0.2, 0.25) is 5.02 Å². The van der Waals surface area contributed by atoms with Crippen LogP contribution >= 0.6 is 11.6 Å². The lowest BCUT2D eigenvalue weighted by atomic mass is 10.2. The summed E-state index contributed by atoms with van der Waals surface area (Å²) in [5.74, 6) is -0.0268. The van der Waals surface area contributed by atoms with Gasteiger partial charge in [-0.25, -0.2) is 0 Å². The number of fused-ring (bicyclic) bond motifs is 1. The number of amides is 1. The van der Waals surface area contributed by atoms with Gasteiger partial charge in [0.2, 0.25) is 5.91 Å². The smallest absolute Gasteiger partial charge is 0.238 e. The van der Waals surface area contributed by atoms with Gasteiger partial charge in [0.1, 0.15) is 0 Å². The minimum Gasteiger partial charge on any atom is -0.325 e. The summed E-state index contributed by atoms with van der Waals surface area (Å²) in [5, 5.41) is 6.43. The predicted octanol–water partition coefficient (Wildman–Crippen LogP) is 1.38. The van der Waals surface area contributed by atoms with E-state index in [1.807, 2.05) is 12.1 Å². The summed E-state index contributed by atoms with van der Waals surface area (Å²) >= 11 is 5.81. The molecule has 2 rings (SSSR count). The van der Waals surface area contributed by atoms with E-state index < -0.39 is 0 Å². The number of nitrogens with one attached hydrogen (secondary N) is 2. The Bertz CT molecular complexity index is 351. The number of halogens is 1. The molecule has 13 heavy (non-hydrogen) atoms. The summed E-state index contributed by atoms with van der Waals surface area (Å²) in [4.78, 5) is 11.1. The van der Waals surface area contributed by atoms with Gasteiger partial charge in [-0.15, -0.1) is 0 Å². The molecule has 0 atom stereocenters. The maximum atomic E-state index is 11.1. The number of anilines is 1. The molecule has 4 heteroatoms. The SMILES string of the molecule is O=C1CNCc2ccc(Cl)cc2N1. The quantitative estimate of drug-likeness (QED) is 0.658. The highest BCUT2D eigenvalue weighted by atomic mass is 35.5. The van der Waals surface area contributed by atoms with Crippen molar-refractivity contribution in [2.24, 2.45) is 0 Å². The molecule has 0 aliphatic carbocycles. The Hall–Kier alpha value is -1.06. The molecule has 68 valence electrons. The lowest BCUT2D eigenvalue weighted by Crippen LogP contribution is -2.23. The van der Waals surface area contributed by atoms with Crippen molar-refractivity contribution in [1.82, 2.24) is 5.32 Å². The van der Waals surface area contributed by atoms with Gasteiger partial charge in [-0.05, 0) is 17.7 Å². The average Bonchev–Trinajstić information content (AvgIpc) is 2.25. The van der Waals surface area contributed by atoms with E-state index in [0.717, 1.165) is 11.3 Å². The summed E-state index contributed by atoms with van der Waals surface area (Å²) in [6, 6.07) is 5.50. The zero-order valence-electron chi connectivity index (χ0n) is 6.93. The minimum atomic E-state index is -0.0268. The first-order chi connectivity index (χ1) is 6.25. The lowest BCUT2D eigenvalue weighted by Gasteiger charge is -2.05.